The molecule has 1 aromatic carbocycles. The summed E-state index contributed by atoms with van der Waals surface area (Å²) in [6.45, 7) is 1.84. The summed E-state index contributed by atoms with van der Waals surface area (Å²) in [5, 5.41) is 0. The van der Waals surface area contributed by atoms with Crippen LogP contribution in [0, 0.1) is 6.92 Å². The van der Waals surface area contributed by atoms with Crippen molar-refractivity contribution < 1.29 is 8.42 Å². The van der Waals surface area contributed by atoms with Crippen molar-refractivity contribution in [1.82, 2.24) is 4.98 Å². The molecular weight excluding hydrogens is 306 g/mol. The second kappa shape index (κ2) is 6.19. The summed E-state index contributed by atoms with van der Waals surface area (Å²) in [5.74, 6) is 0. The molecule has 0 aliphatic rings. The molecule has 0 spiro atoms. The number of thiocarbonyl (C=S) groups is 1. The zero-order chi connectivity index (χ0) is 15.5. The number of aromatic nitrogens is 1. The molecule has 1 aromatic heterocycles. The highest BCUT2D eigenvalue weighted by atomic mass is 32.2. The Labute approximate surface area is 129 Å². The Morgan fingerprint density at radius 2 is 1.95 bits per heavy atom. The van der Waals surface area contributed by atoms with Gasteiger partial charge in [-0.2, -0.15) is 0 Å². The molecule has 0 saturated carbocycles. The molecule has 0 aliphatic carbocycles. The molecule has 21 heavy (non-hydrogen) atoms. The largest absolute Gasteiger partial charge is 0.393 e. The highest BCUT2D eigenvalue weighted by Gasteiger charge is 2.14. The van der Waals surface area contributed by atoms with Crippen LogP contribution in [0.4, 0.5) is 5.69 Å². The maximum atomic E-state index is 12.3. The van der Waals surface area contributed by atoms with Gasteiger partial charge in [-0.05, 0) is 36.2 Å². The summed E-state index contributed by atoms with van der Waals surface area (Å²) >= 11 is 4.82. The molecule has 5 nitrogen and oxygen atoms in total. The van der Waals surface area contributed by atoms with E-state index in [-0.39, 0.29) is 4.90 Å². The van der Waals surface area contributed by atoms with Crippen molar-refractivity contribution in [1.29, 1.82) is 0 Å². The van der Waals surface area contributed by atoms with Crippen LogP contribution >= 0.6 is 12.2 Å². The Kier molecular flexibility index (Phi) is 4.54. The first-order valence-corrected chi connectivity index (χ1v) is 8.08. The van der Waals surface area contributed by atoms with E-state index >= 15 is 0 Å². The lowest BCUT2D eigenvalue weighted by molar-refractivity contribution is 0.601. The predicted octanol–water partition coefficient (Wildman–Crippen LogP) is 2.02. The minimum Gasteiger partial charge on any atom is -0.393 e. The second-order valence-electron chi connectivity index (χ2n) is 4.64. The van der Waals surface area contributed by atoms with Crippen molar-refractivity contribution in [2.75, 3.05) is 4.72 Å². The minimum atomic E-state index is -3.63. The quantitative estimate of drug-likeness (QED) is 0.823. The van der Waals surface area contributed by atoms with Crippen LogP contribution in [0.3, 0.4) is 0 Å². The standard InChI is InChI=1S/C14H15N3O2S2/c1-10-6-12(9-16-8-10)17-21(18,19)13-4-2-11(3-5-13)7-14(15)20/h2-6,8-9,17H,7H2,1H3,(H2,15,20). The number of aryl methyl sites for hydroxylation is 1. The Balaban J connectivity index is 2.21. The first kappa shape index (κ1) is 15.4. The molecule has 1 heterocycles. The monoisotopic (exact) mass is 321 g/mol. The van der Waals surface area contributed by atoms with Crippen LogP contribution in [0.2, 0.25) is 0 Å². The van der Waals surface area contributed by atoms with Gasteiger partial charge in [-0.25, -0.2) is 8.42 Å². The molecule has 0 bridgehead atoms. The fourth-order valence-electron chi connectivity index (χ4n) is 1.81. The molecule has 0 unspecified atom stereocenters. The van der Waals surface area contributed by atoms with Gasteiger partial charge in [0.1, 0.15) is 0 Å². The van der Waals surface area contributed by atoms with E-state index in [4.69, 9.17) is 18.0 Å². The molecule has 0 aliphatic heterocycles. The number of sulfonamides is 1. The zero-order valence-electron chi connectivity index (χ0n) is 11.4. The fraction of sp³-hybridized carbons (Fsp3) is 0.143. The molecule has 0 fully saturated rings. The van der Waals surface area contributed by atoms with Crippen LogP contribution in [0.5, 0.6) is 0 Å². The van der Waals surface area contributed by atoms with Crippen molar-refractivity contribution in [3.05, 3.63) is 53.9 Å². The van der Waals surface area contributed by atoms with Gasteiger partial charge < -0.3 is 5.73 Å². The average molecular weight is 321 g/mol. The van der Waals surface area contributed by atoms with Gasteiger partial charge in [0.15, 0.2) is 0 Å². The Bertz CT molecular complexity index is 756. The molecule has 7 heteroatoms. The molecule has 0 saturated heterocycles. The Morgan fingerprint density at radius 1 is 1.29 bits per heavy atom. The van der Waals surface area contributed by atoms with Crippen LogP contribution < -0.4 is 10.5 Å². The number of anilines is 1. The molecular formula is C14H15N3O2S2. The zero-order valence-corrected chi connectivity index (χ0v) is 13.0. The van der Waals surface area contributed by atoms with Crippen molar-refractivity contribution in [2.24, 2.45) is 5.73 Å². The van der Waals surface area contributed by atoms with Gasteiger partial charge in [0.2, 0.25) is 0 Å². The molecule has 0 atom stereocenters. The summed E-state index contributed by atoms with van der Waals surface area (Å²) in [5.41, 5.74) is 7.64. The number of nitrogens with two attached hydrogens (primary N) is 1. The van der Waals surface area contributed by atoms with E-state index in [2.05, 4.69) is 9.71 Å². The maximum Gasteiger partial charge on any atom is 0.261 e. The normalized spacial score (nSPS) is 11.1. The van der Waals surface area contributed by atoms with Crippen LogP contribution in [0.25, 0.3) is 0 Å². The van der Waals surface area contributed by atoms with Crippen molar-refractivity contribution >= 4 is 32.9 Å². The van der Waals surface area contributed by atoms with E-state index in [1.54, 1.807) is 24.4 Å². The number of rotatable bonds is 5. The third-order valence-corrected chi connectivity index (χ3v) is 4.28. The molecule has 0 amide bonds. The number of hydrogen-bond acceptors (Lipinski definition) is 4. The van der Waals surface area contributed by atoms with E-state index in [9.17, 15) is 8.42 Å². The van der Waals surface area contributed by atoms with Crippen LogP contribution in [0.1, 0.15) is 11.1 Å². The SMILES string of the molecule is Cc1cncc(NS(=O)(=O)c2ccc(CC(N)=S)cc2)c1. The van der Waals surface area contributed by atoms with E-state index in [0.717, 1.165) is 11.1 Å². The molecule has 3 N–H and O–H groups in total. The van der Waals surface area contributed by atoms with Crippen molar-refractivity contribution in [3.8, 4) is 0 Å². The Morgan fingerprint density at radius 3 is 2.52 bits per heavy atom. The van der Waals surface area contributed by atoms with Gasteiger partial charge in [0, 0.05) is 12.6 Å². The van der Waals surface area contributed by atoms with Gasteiger partial charge in [0.05, 0.1) is 21.8 Å². The Hall–Kier alpha value is -1.99. The molecule has 2 aromatic rings. The van der Waals surface area contributed by atoms with Gasteiger partial charge in [-0.15, -0.1) is 0 Å². The average Bonchev–Trinajstić information content (AvgIpc) is 2.38. The summed E-state index contributed by atoms with van der Waals surface area (Å²) < 4.78 is 27.0. The number of benzene rings is 1. The molecule has 0 radical (unpaired) electrons. The highest BCUT2D eigenvalue weighted by Crippen LogP contribution is 2.17. The first-order chi connectivity index (χ1) is 9.87. The van der Waals surface area contributed by atoms with Gasteiger partial charge in [-0.3, -0.25) is 9.71 Å². The van der Waals surface area contributed by atoms with Crippen LogP contribution in [-0.4, -0.2) is 18.4 Å². The van der Waals surface area contributed by atoms with Gasteiger partial charge in [0.25, 0.3) is 10.0 Å². The van der Waals surface area contributed by atoms with E-state index < -0.39 is 10.0 Å². The lowest BCUT2D eigenvalue weighted by atomic mass is 10.1. The lowest BCUT2D eigenvalue weighted by Crippen LogP contribution is -2.14. The number of nitrogens with one attached hydrogen (secondary N) is 1. The van der Waals surface area contributed by atoms with Crippen molar-refractivity contribution in [2.45, 2.75) is 18.2 Å². The summed E-state index contributed by atoms with van der Waals surface area (Å²) in [7, 11) is -3.63. The second-order valence-corrected chi connectivity index (χ2v) is 6.85. The summed E-state index contributed by atoms with van der Waals surface area (Å²) in [6, 6.07) is 8.16. The number of pyridine rings is 1. The number of hydrogen-bond donors (Lipinski definition) is 2. The van der Waals surface area contributed by atoms with Gasteiger partial charge >= 0.3 is 0 Å². The lowest BCUT2D eigenvalue weighted by Gasteiger charge is -2.09. The molecule has 2 rings (SSSR count). The fourth-order valence-corrected chi connectivity index (χ4v) is 3.01. The van der Waals surface area contributed by atoms with Gasteiger partial charge in [-0.1, -0.05) is 24.4 Å². The minimum absolute atomic E-state index is 0.177. The first-order valence-electron chi connectivity index (χ1n) is 6.18. The highest BCUT2D eigenvalue weighted by molar-refractivity contribution is 7.92. The maximum absolute atomic E-state index is 12.3. The third-order valence-electron chi connectivity index (χ3n) is 2.74. The predicted molar refractivity (Wildman–Crippen MR) is 86.7 cm³/mol. The third kappa shape index (κ3) is 4.24. The smallest absolute Gasteiger partial charge is 0.261 e. The molecule has 110 valence electrons. The van der Waals surface area contributed by atoms with E-state index in [1.807, 2.05) is 6.92 Å². The summed E-state index contributed by atoms with van der Waals surface area (Å²) in [4.78, 5) is 4.50. The van der Waals surface area contributed by atoms with E-state index in [1.165, 1.54) is 18.3 Å². The number of nitrogens with zero attached hydrogens (tertiary/aromatic N) is 1. The summed E-state index contributed by atoms with van der Waals surface area (Å²) in [6.07, 6.45) is 3.57. The van der Waals surface area contributed by atoms with Crippen LogP contribution in [0.15, 0.2) is 47.6 Å². The van der Waals surface area contributed by atoms with Crippen LogP contribution in [-0.2, 0) is 16.4 Å². The van der Waals surface area contributed by atoms with Crippen molar-refractivity contribution in [3.63, 3.8) is 0 Å². The topological polar surface area (TPSA) is 85.1 Å². The van der Waals surface area contributed by atoms with E-state index in [0.29, 0.717) is 17.1 Å².